The molecular formula is C22H45N3O6. The highest BCUT2D eigenvalue weighted by Gasteiger charge is 2.11. The van der Waals surface area contributed by atoms with Gasteiger partial charge < -0.3 is 29.8 Å². The largest absolute Gasteiger partial charge is 0.464 e. The smallest absolute Gasteiger partial charge is 0.356 e. The van der Waals surface area contributed by atoms with E-state index in [9.17, 15) is 4.79 Å². The van der Waals surface area contributed by atoms with Gasteiger partial charge in [-0.1, -0.05) is 26.8 Å². The minimum atomic E-state index is -0.430. The summed E-state index contributed by atoms with van der Waals surface area (Å²) in [7, 11) is 5.53. The van der Waals surface area contributed by atoms with Gasteiger partial charge >= 0.3 is 5.97 Å². The van der Waals surface area contributed by atoms with Gasteiger partial charge in [-0.15, -0.1) is 0 Å². The van der Waals surface area contributed by atoms with E-state index in [-0.39, 0.29) is 0 Å². The van der Waals surface area contributed by atoms with Crippen LogP contribution in [0.5, 0.6) is 0 Å². The summed E-state index contributed by atoms with van der Waals surface area (Å²) < 4.78 is 20.9. The van der Waals surface area contributed by atoms with Crippen LogP contribution in [0.4, 0.5) is 0 Å². The zero-order chi connectivity index (χ0) is 24.3. The molecule has 0 saturated carbocycles. The monoisotopic (exact) mass is 447 g/mol. The Labute approximate surface area is 188 Å². The van der Waals surface area contributed by atoms with Gasteiger partial charge in [-0.05, 0) is 25.6 Å². The number of rotatable bonds is 14. The highest BCUT2D eigenvalue weighted by molar-refractivity contribution is 5.87. The minimum absolute atomic E-state index is 0.316. The van der Waals surface area contributed by atoms with Crippen molar-refractivity contribution < 1.29 is 28.8 Å². The Balaban J connectivity index is -0.00000120. The molecule has 0 aromatic carbocycles. The van der Waals surface area contributed by atoms with Crippen LogP contribution in [0.25, 0.3) is 0 Å². The Morgan fingerprint density at radius 1 is 1.00 bits per heavy atom. The number of carbonyl (C=O) groups is 1. The van der Waals surface area contributed by atoms with E-state index in [0.29, 0.717) is 38.7 Å². The second-order valence-electron chi connectivity index (χ2n) is 5.50. The number of ether oxygens (including phenoxy) is 4. The molecule has 0 unspecified atom stereocenters. The Morgan fingerprint density at radius 3 is 2.13 bits per heavy atom. The van der Waals surface area contributed by atoms with Gasteiger partial charge in [-0.3, -0.25) is 4.90 Å². The van der Waals surface area contributed by atoms with Crippen LogP contribution >= 0.6 is 0 Å². The number of pyridine rings is 1. The molecule has 1 rings (SSSR count). The van der Waals surface area contributed by atoms with Gasteiger partial charge in [0.15, 0.2) is 0 Å². The molecule has 9 nitrogen and oxygen atoms in total. The fraction of sp³-hybridized carbons (Fsp3) is 0.727. The highest BCUT2D eigenvalue weighted by atomic mass is 16.5. The Kier molecular flexibility index (Phi) is 31.1. The normalized spacial score (nSPS) is 9.48. The van der Waals surface area contributed by atoms with Gasteiger partial charge in [-0.2, -0.15) is 0 Å². The number of nitrogens with two attached hydrogens (primary N) is 1. The van der Waals surface area contributed by atoms with Crippen molar-refractivity contribution in [3.63, 3.8) is 0 Å². The molecule has 0 spiro atoms. The first-order valence-corrected chi connectivity index (χ1v) is 10.6. The molecule has 3 N–H and O–H groups in total. The van der Waals surface area contributed by atoms with Crippen LogP contribution in [-0.2, 0) is 25.5 Å². The summed E-state index contributed by atoms with van der Waals surface area (Å²) in [4.78, 5) is 18.1. The van der Waals surface area contributed by atoms with Gasteiger partial charge in [0.1, 0.15) is 5.69 Å². The maximum Gasteiger partial charge on any atom is 0.356 e. The number of hydrogen-bond acceptors (Lipinski definition) is 9. The van der Waals surface area contributed by atoms with E-state index < -0.39 is 5.97 Å². The van der Waals surface area contributed by atoms with Crippen LogP contribution in [0.2, 0.25) is 0 Å². The van der Waals surface area contributed by atoms with Gasteiger partial charge in [0.25, 0.3) is 0 Å². The summed E-state index contributed by atoms with van der Waals surface area (Å²) in [5, 5.41) is 7.00. The Hall–Kier alpha value is -1.62. The molecular weight excluding hydrogens is 402 g/mol. The second kappa shape index (κ2) is 28.4. The third-order valence-corrected chi connectivity index (χ3v) is 3.47. The van der Waals surface area contributed by atoms with Crippen LogP contribution in [0.15, 0.2) is 18.2 Å². The molecule has 0 amide bonds. The van der Waals surface area contributed by atoms with Crippen LogP contribution in [0, 0.1) is 0 Å². The minimum Gasteiger partial charge on any atom is -0.464 e. The summed E-state index contributed by atoms with van der Waals surface area (Å²) in [5.41, 5.74) is 5.63. The average Bonchev–Trinajstić information content (AvgIpc) is 2.85. The molecule has 0 aliphatic rings. The summed E-state index contributed by atoms with van der Waals surface area (Å²) in [6, 6.07) is 5.35. The van der Waals surface area contributed by atoms with E-state index in [2.05, 4.69) is 22.5 Å². The molecule has 184 valence electrons. The molecule has 1 aromatic rings. The number of aromatic nitrogens is 1. The van der Waals surface area contributed by atoms with Crippen LogP contribution in [-0.4, -0.2) is 95.5 Å². The Bertz CT molecular complexity index is 492. The predicted molar refractivity (Wildman–Crippen MR) is 124 cm³/mol. The van der Waals surface area contributed by atoms with Crippen molar-refractivity contribution in [3.8, 4) is 0 Å². The lowest BCUT2D eigenvalue weighted by Gasteiger charge is -2.21. The molecule has 31 heavy (non-hydrogen) atoms. The fourth-order valence-corrected chi connectivity index (χ4v) is 2.17. The number of methoxy groups -OCH3 is 2. The average molecular weight is 448 g/mol. The summed E-state index contributed by atoms with van der Waals surface area (Å²) in [5.74, 6) is -0.430. The molecule has 0 aliphatic carbocycles. The van der Waals surface area contributed by atoms with Gasteiger partial charge in [0, 0.05) is 40.5 Å². The highest BCUT2D eigenvalue weighted by Crippen LogP contribution is 2.05. The van der Waals surface area contributed by atoms with E-state index in [1.807, 2.05) is 26.0 Å². The first-order chi connectivity index (χ1) is 15.2. The van der Waals surface area contributed by atoms with Crippen molar-refractivity contribution in [3.05, 3.63) is 29.6 Å². The van der Waals surface area contributed by atoms with E-state index in [4.69, 9.17) is 24.1 Å². The third-order valence-electron chi connectivity index (χ3n) is 3.47. The molecule has 0 atom stereocenters. The molecule has 0 bridgehead atoms. The fourth-order valence-electron chi connectivity index (χ4n) is 2.17. The number of nitrogens with zero attached hydrogens (tertiary/aromatic N) is 2. The van der Waals surface area contributed by atoms with Crippen LogP contribution in [0.3, 0.4) is 0 Å². The van der Waals surface area contributed by atoms with Crippen molar-refractivity contribution >= 4 is 5.97 Å². The maximum atomic E-state index is 11.6. The lowest BCUT2D eigenvalue weighted by atomic mass is 10.3. The molecule has 0 aliphatic heterocycles. The van der Waals surface area contributed by atoms with Crippen LogP contribution < -0.4 is 5.73 Å². The lowest BCUT2D eigenvalue weighted by Crippen LogP contribution is -2.31. The van der Waals surface area contributed by atoms with Gasteiger partial charge in [0.2, 0.25) is 0 Å². The second-order valence-corrected chi connectivity index (χ2v) is 5.50. The molecule has 9 heteroatoms. The number of esters is 1. The SMILES string of the molecule is CC.CCCOCCOCCN(CCOC)Cc1cccc(C(=O)OC)n1.CN.CO. The summed E-state index contributed by atoms with van der Waals surface area (Å²) >= 11 is 0. The van der Waals surface area contributed by atoms with Crippen LogP contribution in [0.1, 0.15) is 43.4 Å². The zero-order valence-corrected chi connectivity index (χ0v) is 20.6. The first-order valence-electron chi connectivity index (χ1n) is 10.6. The number of aliphatic hydroxyl groups excluding tert-OH is 1. The molecule has 0 fully saturated rings. The van der Waals surface area contributed by atoms with Crippen molar-refractivity contribution in [2.75, 3.05) is 74.5 Å². The molecule has 0 radical (unpaired) electrons. The molecule has 1 heterocycles. The first kappa shape index (κ1) is 34.0. The maximum absolute atomic E-state index is 11.6. The van der Waals surface area contributed by atoms with E-state index >= 15 is 0 Å². The van der Waals surface area contributed by atoms with Crippen molar-refractivity contribution in [2.24, 2.45) is 5.73 Å². The van der Waals surface area contributed by atoms with Crippen molar-refractivity contribution in [2.45, 2.75) is 33.7 Å². The number of aliphatic hydroxyl groups is 1. The predicted octanol–water partition coefficient (Wildman–Crippen LogP) is 1.97. The zero-order valence-electron chi connectivity index (χ0n) is 20.6. The molecule has 0 saturated heterocycles. The van der Waals surface area contributed by atoms with Crippen molar-refractivity contribution in [1.29, 1.82) is 0 Å². The third kappa shape index (κ3) is 20.1. The lowest BCUT2D eigenvalue weighted by molar-refractivity contribution is 0.0346. The Morgan fingerprint density at radius 2 is 1.58 bits per heavy atom. The van der Waals surface area contributed by atoms with E-state index in [1.165, 1.54) is 14.2 Å². The summed E-state index contributed by atoms with van der Waals surface area (Å²) in [6.45, 7) is 11.4. The van der Waals surface area contributed by atoms with Crippen molar-refractivity contribution in [1.82, 2.24) is 9.88 Å². The van der Waals surface area contributed by atoms with Gasteiger partial charge in [0.05, 0.1) is 39.2 Å². The molecule has 1 aromatic heterocycles. The number of carbonyl (C=O) groups excluding carboxylic acids is 1. The quantitative estimate of drug-likeness (QED) is 0.326. The van der Waals surface area contributed by atoms with Gasteiger partial charge in [-0.25, -0.2) is 9.78 Å². The standard InChI is InChI=1S/C18H30N2O5.C2H6.CH5N.CH4O/c1-4-10-24-13-14-25-12-9-20(8-11-22-2)15-16-6-5-7-17(19-16)18(21)23-3;3*1-2/h5-7H,4,8-15H2,1-3H3;1-2H3;2H2,1H3;2H,1H3. The topological polar surface area (TPSA) is 116 Å². The summed E-state index contributed by atoms with van der Waals surface area (Å²) in [6.07, 6.45) is 1.02. The number of hydrogen-bond donors (Lipinski definition) is 2. The van der Waals surface area contributed by atoms with E-state index in [1.54, 1.807) is 13.2 Å². The van der Waals surface area contributed by atoms with E-state index in [0.717, 1.165) is 38.9 Å².